The number of aliphatic hydroxyl groups is 1. The smallest absolute Gasteiger partial charge is 0.159 e. The molecule has 0 aromatic heterocycles. The fourth-order valence-corrected chi connectivity index (χ4v) is 0.677. The van der Waals surface area contributed by atoms with Crippen molar-refractivity contribution in [2.45, 2.75) is 32.2 Å². The molecule has 0 saturated heterocycles. The highest BCUT2D eigenvalue weighted by Gasteiger charge is 2.10. The lowest BCUT2D eigenvalue weighted by Gasteiger charge is -2.15. The number of ether oxygens (including phenoxy) is 2. The van der Waals surface area contributed by atoms with Gasteiger partial charge in [0.2, 0.25) is 0 Å². The van der Waals surface area contributed by atoms with E-state index in [4.69, 9.17) is 14.6 Å². The van der Waals surface area contributed by atoms with E-state index in [1.54, 1.807) is 14.2 Å². The van der Waals surface area contributed by atoms with E-state index in [0.717, 1.165) is 6.42 Å². The van der Waals surface area contributed by atoms with Crippen LogP contribution in [0.15, 0.2) is 0 Å². The molecule has 0 aliphatic heterocycles. The van der Waals surface area contributed by atoms with Crippen LogP contribution in [0.2, 0.25) is 0 Å². The Morgan fingerprint density at radius 2 is 1.80 bits per heavy atom. The molecular formula is C7H16O3. The molecule has 3 nitrogen and oxygen atoms in total. The van der Waals surface area contributed by atoms with Gasteiger partial charge in [0.25, 0.3) is 0 Å². The maximum atomic E-state index is 9.13. The van der Waals surface area contributed by atoms with E-state index < -0.39 is 0 Å². The van der Waals surface area contributed by atoms with E-state index in [0.29, 0.717) is 6.42 Å². The van der Waals surface area contributed by atoms with Crippen molar-refractivity contribution in [2.75, 3.05) is 14.2 Å². The van der Waals surface area contributed by atoms with Crippen LogP contribution in [0.5, 0.6) is 0 Å². The lowest BCUT2D eigenvalue weighted by atomic mass is 10.2. The van der Waals surface area contributed by atoms with Gasteiger partial charge in [-0.05, 0) is 6.42 Å². The first-order valence-corrected chi connectivity index (χ1v) is 3.48. The number of hydrogen-bond acceptors (Lipinski definition) is 3. The zero-order chi connectivity index (χ0) is 7.98. The van der Waals surface area contributed by atoms with Gasteiger partial charge in [0.1, 0.15) is 0 Å². The Labute approximate surface area is 62.0 Å². The third kappa shape index (κ3) is 3.82. The van der Waals surface area contributed by atoms with Crippen LogP contribution < -0.4 is 0 Å². The molecule has 0 spiro atoms. The normalized spacial score (nSPS) is 14.1. The minimum atomic E-state index is -0.315. The lowest BCUT2D eigenvalue weighted by Crippen LogP contribution is -2.20. The molecule has 0 aromatic rings. The summed E-state index contributed by atoms with van der Waals surface area (Å²) in [6.45, 7) is 1.92. The Kier molecular flexibility index (Phi) is 5.58. The molecule has 0 heterocycles. The predicted octanol–water partition coefficient (Wildman–Crippen LogP) is 0.766. The zero-order valence-corrected chi connectivity index (χ0v) is 6.83. The summed E-state index contributed by atoms with van der Waals surface area (Å²) in [5, 5.41) is 9.13. The molecule has 0 aliphatic carbocycles. The molecule has 0 radical (unpaired) electrons. The highest BCUT2D eigenvalue weighted by molar-refractivity contribution is 4.54. The zero-order valence-electron chi connectivity index (χ0n) is 6.83. The van der Waals surface area contributed by atoms with E-state index in [1.165, 1.54) is 0 Å². The summed E-state index contributed by atoms with van der Waals surface area (Å²) in [5.41, 5.74) is 0. The van der Waals surface area contributed by atoms with Gasteiger partial charge in [0.05, 0.1) is 6.10 Å². The maximum absolute atomic E-state index is 9.13. The van der Waals surface area contributed by atoms with E-state index in [-0.39, 0.29) is 12.4 Å². The Morgan fingerprint density at radius 3 is 2.10 bits per heavy atom. The van der Waals surface area contributed by atoms with Gasteiger partial charge in [0, 0.05) is 20.6 Å². The van der Waals surface area contributed by atoms with Gasteiger partial charge in [-0.2, -0.15) is 0 Å². The molecule has 0 fully saturated rings. The molecule has 0 rings (SSSR count). The van der Waals surface area contributed by atoms with Crippen molar-refractivity contribution in [1.29, 1.82) is 0 Å². The van der Waals surface area contributed by atoms with Crippen molar-refractivity contribution in [2.24, 2.45) is 0 Å². The fraction of sp³-hybridized carbons (Fsp3) is 1.00. The number of rotatable bonds is 5. The Balaban J connectivity index is 3.41. The lowest BCUT2D eigenvalue weighted by molar-refractivity contribution is -0.122. The molecule has 0 bridgehead atoms. The molecule has 0 saturated carbocycles. The van der Waals surface area contributed by atoms with E-state index >= 15 is 0 Å². The van der Waals surface area contributed by atoms with Crippen molar-refractivity contribution in [3.05, 3.63) is 0 Å². The van der Waals surface area contributed by atoms with Gasteiger partial charge in [0.15, 0.2) is 6.29 Å². The van der Waals surface area contributed by atoms with Crippen LogP contribution in [0, 0.1) is 0 Å². The molecule has 3 heteroatoms. The van der Waals surface area contributed by atoms with Crippen molar-refractivity contribution < 1.29 is 14.6 Å². The summed E-state index contributed by atoms with van der Waals surface area (Å²) in [6, 6.07) is 0. The Bertz CT molecular complexity index is 71.3. The summed E-state index contributed by atoms with van der Waals surface area (Å²) in [7, 11) is 3.13. The van der Waals surface area contributed by atoms with Crippen LogP contribution in [-0.2, 0) is 9.47 Å². The Morgan fingerprint density at radius 1 is 1.30 bits per heavy atom. The highest BCUT2D eigenvalue weighted by Crippen LogP contribution is 2.04. The van der Waals surface area contributed by atoms with Crippen molar-refractivity contribution in [1.82, 2.24) is 0 Å². The third-order valence-electron chi connectivity index (χ3n) is 1.46. The van der Waals surface area contributed by atoms with Gasteiger partial charge in [-0.25, -0.2) is 0 Å². The quantitative estimate of drug-likeness (QED) is 0.585. The summed E-state index contributed by atoms with van der Waals surface area (Å²) in [6.07, 6.45) is 0.701. The Hall–Kier alpha value is -0.120. The van der Waals surface area contributed by atoms with Gasteiger partial charge >= 0.3 is 0 Å². The third-order valence-corrected chi connectivity index (χ3v) is 1.46. The monoisotopic (exact) mass is 148 g/mol. The summed E-state index contributed by atoms with van der Waals surface area (Å²) >= 11 is 0. The standard InChI is InChI=1S/C7H16O3/c1-4-6(8)5-7(9-2)10-3/h6-8H,4-5H2,1-3H3/t6-/m1/s1. The molecule has 0 amide bonds. The van der Waals surface area contributed by atoms with Crippen LogP contribution in [0.4, 0.5) is 0 Å². The molecule has 1 atom stereocenters. The predicted molar refractivity (Wildman–Crippen MR) is 38.7 cm³/mol. The van der Waals surface area contributed by atoms with Crippen LogP contribution in [-0.4, -0.2) is 31.7 Å². The second kappa shape index (κ2) is 5.65. The number of methoxy groups -OCH3 is 2. The summed E-state index contributed by atoms with van der Waals surface area (Å²) in [5.74, 6) is 0. The second-order valence-electron chi connectivity index (χ2n) is 2.20. The van der Waals surface area contributed by atoms with Gasteiger partial charge in [-0.1, -0.05) is 6.92 Å². The molecule has 1 N–H and O–H groups in total. The first-order valence-electron chi connectivity index (χ1n) is 3.48. The average molecular weight is 148 g/mol. The summed E-state index contributed by atoms with van der Waals surface area (Å²) < 4.78 is 9.78. The van der Waals surface area contributed by atoms with Crippen LogP contribution in [0.25, 0.3) is 0 Å². The SMILES string of the molecule is CC[C@@H](O)CC(OC)OC. The molecule has 10 heavy (non-hydrogen) atoms. The van der Waals surface area contributed by atoms with Crippen LogP contribution in [0.1, 0.15) is 19.8 Å². The van der Waals surface area contributed by atoms with Gasteiger partial charge in [-0.15, -0.1) is 0 Å². The van der Waals surface area contributed by atoms with Gasteiger partial charge in [-0.3, -0.25) is 0 Å². The fourth-order valence-electron chi connectivity index (χ4n) is 0.677. The first kappa shape index (κ1) is 9.88. The molecular weight excluding hydrogens is 132 g/mol. The van der Waals surface area contributed by atoms with Crippen molar-refractivity contribution in [3.8, 4) is 0 Å². The van der Waals surface area contributed by atoms with E-state index in [1.807, 2.05) is 6.92 Å². The number of hydrogen-bond donors (Lipinski definition) is 1. The topological polar surface area (TPSA) is 38.7 Å². The molecule has 0 aromatic carbocycles. The van der Waals surface area contributed by atoms with E-state index in [2.05, 4.69) is 0 Å². The molecule has 0 aliphatic rings. The molecule has 0 unspecified atom stereocenters. The van der Waals surface area contributed by atoms with Crippen molar-refractivity contribution >= 4 is 0 Å². The van der Waals surface area contributed by atoms with Crippen LogP contribution in [0.3, 0.4) is 0 Å². The number of aliphatic hydroxyl groups excluding tert-OH is 1. The minimum Gasteiger partial charge on any atom is -0.393 e. The first-order chi connectivity index (χ1) is 4.74. The molecule has 62 valence electrons. The second-order valence-corrected chi connectivity index (χ2v) is 2.20. The average Bonchev–Trinajstić information content (AvgIpc) is 1.99. The van der Waals surface area contributed by atoms with Crippen LogP contribution >= 0.6 is 0 Å². The minimum absolute atomic E-state index is 0.269. The summed E-state index contributed by atoms with van der Waals surface area (Å²) in [4.78, 5) is 0. The highest BCUT2D eigenvalue weighted by atomic mass is 16.7. The van der Waals surface area contributed by atoms with E-state index in [9.17, 15) is 0 Å². The van der Waals surface area contributed by atoms with Gasteiger partial charge < -0.3 is 14.6 Å². The largest absolute Gasteiger partial charge is 0.393 e. The van der Waals surface area contributed by atoms with Crippen molar-refractivity contribution in [3.63, 3.8) is 0 Å². The maximum Gasteiger partial charge on any atom is 0.159 e.